The van der Waals surface area contributed by atoms with Crippen LogP contribution in [0.4, 0.5) is 22.7 Å². The number of hydrogen-bond acceptors (Lipinski definition) is 13. The Balaban J connectivity index is 1.58. The number of rotatable bonds is 17. The van der Waals surface area contributed by atoms with Crippen LogP contribution in [0.15, 0.2) is 52.7 Å². The summed E-state index contributed by atoms with van der Waals surface area (Å²) in [4.78, 5) is 13.9. The Morgan fingerprint density at radius 3 is 1.83 bits per heavy atom. The van der Waals surface area contributed by atoms with Crippen LogP contribution in [0.25, 0.3) is 0 Å². The molecule has 2 heterocycles. The van der Waals surface area contributed by atoms with Crippen LogP contribution in [-0.4, -0.2) is 84.2 Å². The van der Waals surface area contributed by atoms with Gasteiger partial charge in [-0.05, 0) is 27.7 Å². The predicted octanol–water partition coefficient (Wildman–Crippen LogP) is 9.32. The van der Waals surface area contributed by atoms with Crippen molar-refractivity contribution < 1.29 is 28.9 Å². The molecule has 0 saturated carbocycles. The van der Waals surface area contributed by atoms with Gasteiger partial charge in [0.15, 0.2) is 0 Å². The molecule has 300 valence electrons. The molecule has 2 fully saturated rings. The Morgan fingerprint density at radius 1 is 0.852 bits per heavy atom. The van der Waals surface area contributed by atoms with Crippen molar-refractivity contribution in [2.24, 2.45) is 10.2 Å². The Kier molecular flexibility index (Phi) is 13.5. The quantitative estimate of drug-likeness (QED) is 0.0374. The SMILES string of the molecule is CCN(CCCOP(OCCC#N)N(C(C)C)C(C)C)c1ccc(N=Nc2ccc([N+](=O)[O-])cc2[As]23(OC(C)(C)C(C)(C)O2)OC(C)(C)C(C)(C)O3)cc1. The van der Waals surface area contributed by atoms with Crippen LogP contribution >= 0.6 is 8.53 Å². The maximum absolute atomic E-state index is 12.1. The molecule has 0 aromatic heterocycles. The molecule has 0 aliphatic carbocycles. The fourth-order valence-corrected chi connectivity index (χ4v) is 19.5. The fourth-order valence-electron chi connectivity index (χ4n) is 6.35. The van der Waals surface area contributed by atoms with Crippen LogP contribution in [0, 0.1) is 21.4 Å². The van der Waals surface area contributed by atoms with Gasteiger partial charge in [-0.3, -0.25) is 0 Å². The van der Waals surface area contributed by atoms with Gasteiger partial charge in [0.05, 0.1) is 19.1 Å². The molecular weight excluding hydrogens is 774 g/mol. The van der Waals surface area contributed by atoms with Crippen molar-refractivity contribution in [2.45, 2.75) is 137 Å². The molecule has 1 atom stereocenters. The number of non-ortho nitro benzene ring substituents is 1. The first-order valence-corrected chi connectivity index (χ1v) is 23.8. The summed E-state index contributed by atoms with van der Waals surface area (Å²) < 4.78 is 42.4. The van der Waals surface area contributed by atoms with Gasteiger partial charge < -0.3 is 9.05 Å². The number of anilines is 1. The van der Waals surface area contributed by atoms with Crippen molar-refractivity contribution in [1.82, 2.24) is 4.67 Å². The van der Waals surface area contributed by atoms with E-state index >= 15 is 0 Å². The summed E-state index contributed by atoms with van der Waals surface area (Å²) in [6.45, 7) is 28.3. The first-order chi connectivity index (χ1) is 25.0. The van der Waals surface area contributed by atoms with Crippen molar-refractivity contribution in [3.8, 4) is 6.07 Å². The third-order valence-electron chi connectivity index (χ3n) is 10.3. The molecule has 1 spiro atoms. The van der Waals surface area contributed by atoms with E-state index in [1.54, 1.807) is 6.07 Å². The van der Waals surface area contributed by atoms with Gasteiger partial charge in [0.2, 0.25) is 0 Å². The minimum atomic E-state index is -5.57. The van der Waals surface area contributed by atoms with Crippen LogP contribution < -0.4 is 9.25 Å². The molecule has 4 rings (SSSR count). The van der Waals surface area contributed by atoms with E-state index in [1.165, 1.54) is 12.1 Å². The van der Waals surface area contributed by atoms with Crippen molar-refractivity contribution in [3.63, 3.8) is 0 Å². The van der Waals surface area contributed by atoms with Crippen molar-refractivity contribution in [2.75, 3.05) is 31.2 Å². The van der Waals surface area contributed by atoms with E-state index in [0.717, 1.165) is 25.2 Å². The second kappa shape index (κ2) is 16.5. The molecule has 0 amide bonds. The maximum atomic E-state index is 12.1. The normalized spacial score (nSPS) is 21.7. The van der Waals surface area contributed by atoms with Gasteiger partial charge in [0, 0.05) is 12.1 Å². The molecule has 1 unspecified atom stereocenters. The Morgan fingerprint density at radius 2 is 1.37 bits per heavy atom. The summed E-state index contributed by atoms with van der Waals surface area (Å²) in [6, 6.07) is 14.7. The number of hydrogen-bond donors (Lipinski definition) is 0. The number of benzene rings is 2. The summed E-state index contributed by atoms with van der Waals surface area (Å²) in [5, 5.41) is 30.3. The molecule has 0 radical (unpaired) electrons. The van der Waals surface area contributed by atoms with Gasteiger partial charge >= 0.3 is 239 Å². The van der Waals surface area contributed by atoms with E-state index < -0.39 is 49.7 Å². The molecule has 14 nitrogen and oxygen atoms in total. The third-order valence-corrected chi connectivity index (χ3v) is 21.3. The van der Waals surface area contributed by atoms with Gasteiger partial charge in [-0.1, -0.05) is 0 Å². The van der Waals surface area contributed by atoms with Crippen molar-refractivity contribution in [1.29, 1.82) is 5.26 Å². The Hall–Kier alpha value is -2.56. The van der Waals surface area contributed by atoms with Crippen LogP contribution in [0.5, 0.6) is 0 Å². The average Bonchev–Trinajstić information content (AvgIpc) is 3.33. The van der Waals surface area contributed by atoms with Gasteiger partial charge in [0.25, 0.3) is 8.53 Å². The second-order valence-electron chi connectivity index (χ2n) is 16.2. The summed E-state index contributed by atoms with van der Waals surface area (Å²) in [6.07, 6.45) is 1.11. The zero-order valence-electron chi connectivity index (χ0n) is 34.3. The van der Waals surface area contributed by atoms with Crippen LogP contribution in [0.1, 0.15) is 103 Å². The van der Waals surface area contributed by atoms with Gasteiger partial charge in [-0.15, -0.1) is 0 Å². The van der Waals surface area contributed by atoms with E-state index in [2.05, 4.69) is 60.5 Å². The zero-order valence-corrected chi connectivity index (χ0v) is 37.1. The summed E-state index contributed by atoms with van der Waals surface area (Å²) >= 11 is -5.57. The van der Waals surface area contributed by atoms with E-state index in [9.17, 15) is 10.1 Å². The number of nitriles is 1. The number of nitro groups is 1. The molecule has 0 N–H and O–H groups in total. The average molecular weight is 835 g/mol. The zero-order chi connectivity index (χ0) is 40.4. The molecule has 54 heavy (non-hydrogen) atoms. The van der Waals surface area contributed by atoms with E-state index in [4.69, 9.17) is 29.2 Å². The van der Waals surface area contributed by atoms with Crippen LogP contribution in [-0.2, 0) is 24.0 Å². The Labute approximate surface area is 324 Å². The first kappa shape index (κ1) is 44.2. The molecule has 2 aliphatic rings. The molecule has 16 heteroatoms. The van der Waals surface area contributed by atoms with E-state index in [0.29, 0.717) is 31.0 Å². The number of nitrogens with zero attached hydrogens (tertiary/aromatic N) is 6. The van der Waals surface area contributed by atoms with Crippen LogP contribution in [0.2, 0.25) is 0 Å². The standard InChI is InChI=1S/C38H60AsN6O8P/c1-14-43(24-16-26-49-54(48-25-15-23-40)44(28(2)3)29(4)5)31-19-17-30(18-20-31)41-42-34-22-21-32(45(46)47)27-33(34)39(50-35(6,7)36(8,9)51-39)52-37(10,11)38(12,13)53-39/h17-22,27-29H,14-16,24-26H2,1-13H3. The van der Waals surface area contributed by atoms with Gasteiger partial charge in [-0.25, -0.2) is 4.67 Å². The van der Waals surface area contributed by atoms with Crippen molar-refractivity contribution in [3.05, 3.63) is 52.6 Å². The van der Waals surface area contributed by atoms with Gasteiger partial charge in [0.1, 0.15) is 0 Å². The Bertz CT molecular complexity index is 1630. The second-order valence-corrected chi connectivity index (χ2v) is 23.6. The molecular formula is C38H60AsN6O8P. The summed E-state index contributed by atoms with van der Waals surface area (Å²) in [5.74, 6) is 0. The molecule has 2 aromatic carbocycles. The number of azo groups is 1. The monoisotopic (exact) mass is 834 g/mol. The summed E-state index contributed by atoms with van der Waals surface area (Å²) in [5.41, 5.74) is -1.76. The predicted molar refractivity (Wildman–Crippen MR) is 213 cm³/mol. The first-order valence-electron chi connectivity index (χ1n) is 18.7. The molecule has 2 aromatic rings. The summed E-state index contributed by atoms with van der Waals surface area (Å²) in [7, 11) is -1.29. The molecule has 0 bridgehead atoms. The van der Waals surface area contributed by atoms with Crippen molar-refractivity contribution >= 4 is 49.4 Å². The third kappa shape index (κ3) is 9.01. The van der Waals surface area contributed by atoms with Crippen LogP contribution in [0.3, 0.4) is 0 Å². The van der Waals surface area contributed by atoms with Gasteiger partial charge in [-0.2, -0.15) is 5.26 Å². The molecule has 2 saturated heterocycles. The molecule has 2 aliphatic heterocycles. The fraction of sp³-hybridized carbons (Fsp3) is 0.658. The van der Waals surface area contributed by atoms with E-state index in [1.807, 2.05) is 79.7 Å². The topological polar surface area (TPSA) is 154 Å². The minimum absolute atomic E-state index is 0.166. The number of nitro benzene ring substituents is 1. The van der Waals surface area contributed by atoms with E-state index in [-0.39, 0.29) is 22.1 Å².